The number of nitrogens with one attached hydrogen (secondary N) is 3. The summed E-state index contributed by atoms with van der Waals surface area (Å²) in [5.41, 5.74) is -0.970. The molecule has 3 rings (SSSR count). The lowest BCUT2D eigenvalue weighted by Crippen LogP contribution is -2.27. The molecule has 0 unspecified atom stereocenters. The van der Waals surface area contributed by atoms with Crippen molar-refractivity contribution < 1.29 is 13.2 Å². The molecular weight excluding hydrogens is 289 g/mol. The highest BCUT2D eigenvalue weighted by Crippen LogP contribution is 2.42. The van der Waals surface area contributed by atoms with Crippen LogP contribution >= 0.6 is 0 Å². The van der Waals surface area contributed by atoms with Gasteiger partial charge in [0.05, 0.1) is 5.92 Å². The first-order valence-electron chi connectivity index (χ1n) is 6.63. The lowest BCUT2D eigenvalue weighted by atomic mass is 9.81. The third-order valence-corrected chi connectivity index (χ3v) is 3.98. The largest absolute Gasteiger partial charge is 0.391 e. The fourth-order valence-corrected chi connectivity index (χ4v) is 2.84. The number of imidazole rings is 1. The second-order valence-corrected chi connectivity index (χ2v) is 5.34. The Kier molecular flexibility index (Phi) is 3.14. The average molecular weight is 302 g/mol. The summed E-state index contributed by atoms with van der Waals surface area (Å²) in [4.78, 5) is 34.1. The fraction of sp³-hybridized carbons (Fsp3) is 0.583. The van der Waals surface area contributed by atoms with Gasteiger partial charge in [0.2, 0.25) is 0 Å². The van der Waals surface area contributed by atoms with Crippen molar-refractivity contribution in [2.45, 2.75) is 37.8 Å². The Labute approximate surface area is 115 Å². The van der Waals surface area contributed by atoms with Crippen LogP contribution in [0.15, 0.2) is 9.59 Å². The van der Waals surface area contributed by atoms with Crippen molar-refractivity contribution in [3.05, 3.63) is 26.7 Å². The fourth-order valence-electron chi connectivity index (χ4n) is 2.84. The minimum Gasteiger partial charge on any atom is -0.336 e. The maximum absolute atomic E-state index is 12.6. The zero-order valence-corrected chi connectivity index (χ0v) is 10.9. The van der Waals surface area contributed by atoms with Crippen LogP contribution in [-0.2, 0) is 0 Å². The van der Waals surface area contributed by atoms with Gasteiger partial charge in [0.25, 0.3) is 5.56 Å². The van der Waals surface area contributed by atoms with Crippen LogP contribution in [0.5, 0.6) is 0 Å². The lowest BCUT2D eigenvalue weighted by Gasteiger charge is -2.28. The van der Waals surface area contributed by atoms with Crippen molar-refractivity contribution in [1.29, 1.82) is 0 Å². The number of halogens is 3. The van der Waals surface area contributed by atoms with Crippen LogP contribution in [0.2, 0.25) is 0 Å². The van der Waals surface area contributed by atoms with Crippen LogP contribution in [0.25, 0.3) is 11.2 Å². The first-order valence-corrected chi connectivity index (χ1v) is 6.63. The van der Waals surface area contributed by atoms with Crippen molar-refractivity contribution in [3.63, 3.8) is 0 Å². The van der Waals surface area contributed by atoms with Crippen molar-refractivity contribution in [2.75, 3.05) is 0 Å². The van der Waals surface area contributed by atoms with Gasteiger partial charge in [-0.3, -0.25) is 14.8 Å². The number of aromatic nitrogens is 4. The quantitative estimate of drug-likeness (QED) is 0.749. The minimum atomic E-state index is -4.15. The predicted octanol–water partition coefficient (Wildman–Crippen LogP) is 1.78. The van der Waals surface area contributed by atoms with E-state index in [1.165, 1.54) is 0 Å². The first kappa shape index (κ1) is 13.9. The molecule has 3 N–H and O–H groups in total. The summed E-state index contributed by atoms with van der Waals surface area (Å²) in [5, 5.41) is 0. The maximum atomic E-state index is 12.6. The summed E-state index contributed by atoms with van der Waals surface area (Å²) in [6, 6.07) is 0. The Bertz CT molecular complexity index is 765. The van der Waals surface area contributed by atoms with E-state index in [4.69, 9.17) is 0 Å². The zero-order valence-electron chi connectivity index (χ0n) is 10.9. The Morgan fingerprint density at radius 2 is 1.67 bits per heavy atom. The van der Waals surface area contributed by atoms with Crippen molar-refractivity contribution in [1.82, 2.24) is 19.9 Å². The average Bonchev–Trinajstić information content (AvgIpc) is 2.82. The number of alkyl halides is 3. The van der Waals surface area contributed by atoms with Gasteiger partial charge in [-0.15, -0.1) is 0 Å². The maximum Gasteiger partial charge on any atom is 0.391 e. The van der Waals surface area contributed by atoms with Gasteiger partial charge in [0, 0.05) is 5.92 Å². The molecule has 1 fully saturated rings. The van der Waals surface area contributed by atoms with Crippen LogP contribution in [-0.4, -0.2) is 26.1 Å². The number of aromatic amines is 3. The van der Waals surface area contributed by atoms with Crippen LogP contribution in [0, 0.1) is 5.92 Å². The zero-order chi connectivity index (χ0) is 15.2. The SMILES string of the molecule is O=c1[nH]c(=O)c2[nH]c(C3CCC(C(F)(F)F)CC3)nc2[nH]1. The second-order valence-electron chi connectivity index (χ2n) is 5.34. The van der Waals surface area contributed by atoms with E-state index in [1.54, 1.807) is 0 Å². The standard InChI is InChI=1S/C12H13F3N4O2/c13-12(14,15)6-3-1-5(2-4-6)8-16-7-9(17-8)18-11(21)19-10(7)20/h5-6H,1-4H2,(H3,16,17,18,19,20,21). The summed E-state index contributed by atoms with van der Waals surface area (Å²) < 4.78 is 37.9. The molecule has 1 aliphatic carbocycles. The second kappa shape index (κ2) is 4.74. The molecule has 0 spiro atoms. The molecule has 0 amide bonds. The minimum absolute atomic E-state index is 0.0537. The molecule has 0 aliphatic heterocycles. The monoisotopic (exact) mass is 302 g/mol. The van der Waals surface area contributed by atoms with E-state index in [2.05, 4.69) is 19.9 Å². The molecule has 0 aromatic carbocycles. The number of H-pyrrole nitrogens is 3. The summed E-state index contributed by atoms with van der Waals surface area (Å²) in [6.45, 7) is 0. The highest BCUT2D eigenvalue weighted by molar-refractivity contribution is 5.68. The summed E-state index contributed by atoms with van der Waals surface area (Å²) >= 11 is 0. The van der Waals surface area contributed by atoms with Gasteiger partial charge in [-0.25, -0.2) is 9.78 Å². The summed E-state index contributed by atoms with van der Waals surface area (Å²) in [6.07, 6.45) is -3.34. The third kappa shape index (κ3) is 2.59. The summed E-state index contributed by atoms with van der Waals surface area (Å²) in [7, 11) is 0. The molecule has 0 radical (unpaired) electrons. The van der Waals surface area contributed by atoms with E-state index < -0.39 is 23.3 Å². The first-order chi connectivity index (χ1) is 9.84. The molecule has 6 nitrogen and oxygen atoms in total. The molecular formula is C12H13F3N4O2. The van der Waals surface area contributed by atoms with E-state index in [0.717, 1.165) is 0 Å². The van der Waals surface area contributed by atoms with Crippen LogP contribution < -0.4 is 11.2 Å². The van der Waals surface area contributed by atoms with Gasteiger partial charge in [-0.05, 0) is 25.7 Å². The normalized spacial score (nSPS) is 23.6. The Hall–Kier alpha value is -2.06. The van der Waals surface area contributed by atoms with Gasteiger partial charge >= 0.3 is 11.9 Å². The number of hydrogen-bond acceptors (Lipinski definition) is 3. The van der Waals surface area contributed by atoms with Gasteiger partial charge in [0.1, 0.15) is 11.3 Å². The molecule has 2 aromatic rings. The Morgan fingerprint density at radius 3 is 2.29 bits per heavy atom. The summed E-state index contributed by atoms with van der Waals surface area (Å²) in [5.74, 6) is -0.960. The number of rotatable bonds is 1. The van der Waals surface area contributed by atoms with Crippen LogP contribution in [0.3, 0.4) is 0 Å². The van der Waals surface area contributed by atoms with Crippen molar-refractivity contribution in [2.24, 2.45) is 5.92 Å². The molecule has 114 valence electrons. The van der Waals surface area contributed by atoms with Crippen molar-refractivity contribution in [3.8, 4) is 0 Å². The smallest absolute Gasteiger partial charge is 0.336 e. The van der Waals surface area contributed by atoms with E-state index in [0.29, 0.717) is 18.7 Å². The van der Waals surface area contributed by atoms with Gasteiger partial charge < -0.3 is 4.98 Å². The van der Waals surface area contributed by atoms with Crippen molar-refractivity contribution >= 4 is 11.2 Å². The molecule has 2 heterocycles. The third-order valence-electron chi connectivity index (χ3n) is 3.98. The molecule has 2 aromatic heterocycles. The van der Waals surface area contributed by atoms with Gasteiger partial charge in [0.15, 0.2) is 5.65 Å². The van der Waals surface area contributed by atoms with Gasteiger partial charge in [-0.2, -0.15) is 13.2 Å². The Morgan fingerprint density at radius 1 is 1.00 bits per heavy atom. The van der Waals surface area contributed by atoms with Crippen LogP contribution in [0.1, 0.15) is 37.4 Å². The molecule has 1 saturated carbocycles. The predicted molar refractivity (Wildman–Crippen MR) is 68.1 cm³/mol. The highest BCUT2D eigenvalue weighted by Gasteiger charge is 2.42. The molecule has 0 bridgehead atoms. The lowest BCUT2D eigenvalue weighted by molar-refractivity contribution is -0.182. The van der Waals surface area contributed by atoms with Gasteiger partial charge in [-0.1, -0.05) is 0 Å². The van der Waals surface area contributed by atoms with E-state index >= 15 is 0 Å². The molecule has 0 saturated heterocycles. The van der Waals surface area contributed by atoms with E-state index in [-0.39, 0.29) is 29.9 Å². The number of fused-ring (bicyclic) bond motifs is 1. The van der Waals surface area contributed by atoms with Crippen LogP contribution in [0.4, 0.5) is 13.2 Å². The number of nitrogens with zero attached hydrogens (tertiary/aromatic N) is 1. The van der Waals surface area contributed by atoms with E-state index in [1.807, 2.05) is 0 Å². The molecule has 0 atom stereocenters. The molecule has 21 heavy (non-hydrogen) atoms. The molecule has 1 aliphatic rings. The number of hydrogen-bond donors (Lipinski definition) is 3. The Balaban J connectivity index is 1.85. The topological polar surface area (TPSA) is 94.4 Å². The highest BCUT2D eigenvalue weighted by atomic mass is 19.4. The van der Waals surface area contributed by atoms with E-state index in [9.17, 15) is 22.8 Å². The molecule has 9 heteroatoms.